The van der Waals surface area contributed by atoms with E-state index in [-0.39, 0.29) is 11.6 Å². The molecule has 0 saturated heterocycles. The highest BCUT2D eigenvalue weighted by Gasteiger charge is 2.11. The Hall–Kier alpha value is -4.33. The molecule has 144 valence electrons. The number of benzene rings is 2. The molecular formula is C21H16N4O4. The molecule has 2 N–H and O–H groups in total. The van der Waals surface area contributed by atoms with Crippen molar-refractivity contribution >= 4 is 35.1 Å². The van der Waals surface area contributed by atoms with E-state index in [1.807, 2.05) is 0 Å². The number of hydrogen-bond donors (Lipinski definition) is 2. The lowest BCUT2D eigenvalue weighted by Gasteiger charge is -2.07. The Morgan fingerprint density at radius 3 is 2.52 bits per heavy atom. The minimum absolute atomic E-state index is 0.0928. The lowest BCUT2D eigenvalue weighted by molar-refractivity contribution is -0.385. The molecule has 0 fully saturated rings. The van der Waals surface area contributed by atoms with Crippen LogP contribution < -0.4 is 10.6 Å². The Morgan fingerprint density at radius 1 is 0.966 bits per heavy atom. The van der Waals surface area contributed by atoms with Gasteiger partial charge in [-0.3, -0.25) is 19.7 Å². The van der Waals surface area contributed by atoms with E-state index in [9.17, 15) is 19.7 Å². The van der Waals surface area contributed by atoms with Gasteiger partial charge < -0.3 is 10.6 Å². The average Bonchev–Trinajstić information content (AvgIpc) is 2.73. The molecule has 8 nitrogen and oxygen atoms in total. The number of nitrogens with zero attached hydrogens (tertiary/aromatic N) is 2. The number of carbonyl (C=O) groups is 2. The Bertz CT molecular complexity index is 1080. The fraction of sp³-hybridized carbons (Fsp3) is 0. The maximum absolute atomic E-state index is 12.3. The number of amides is 2. The lowest BCUT2D eigenvalue weighted by atomic mass is 10.1. The highest BCUT2D eigenvalue weighted by molar-refractivity contribution is 6.06. The molecule has 0 saturated carbocycles. The van der Waals surface area contributed by atoms with Crippen molar-refractivity contribution in [2.24, 2.45) is 0 Å². The minimum atomic E-state index is -0.513. The molecule has 0 aliphatic heterocycles. The summed E-state index contributed by atoms with van der Waals surface area (Å²) in [6, 6.07) is 17.7. The SMILES string of the molecule is O=C(/C=C/c1ccccc1[N+](=O)[O-])Nc1cccc(C(=O)Nc2ccccn2)c1. The normalized spacial score (nSPS) is 10.5. The molecule has 29 heavy (non-hydrogen) atoms. The third kappa shape index (κ3) is 5.33. The fourth-order valence-corrected chi connectivity index (χ4v) is 2.51. The van der Waals surface area contributed by atoms with E-state index in [1.54, 1.807) is 60.8 Å². The van der Waals surface area contributed by atoms with Crippen molar-refractivity contribution in [2.45, 2.75) is 0 Å². The molecule has 8 heteroatoms. The molecule has 3 rings (SSSR count). The Morgan fingerprint density at radius 2 is 1.76 bits per heavy atom. The quantitative estimate of drug-likeness (QED) is 0.378. The molecular weight excluding hydrogens is 372 g/mol. The van der Waals surface area contributed by atoms with Gasteiger partial charge in [0.2, 0.25) is 5.91 Å². The first-order chi connectivity index (χ1) is 14.0. The van der Waals surface area contributed by atoms with Gasteiger partial charge in [-0.1, -0.05) is 24.3 Å². The highest BCUT2D eigenvalue weighted by Crippen LogP contribution is 2.19. The van der Waals surface area contributed by atoms with E-state index in [2.05, 4.69) is 15.6 Å². The van der Waals surface area contributed by atoms with Crippen LogP contribution in [0.25, 0.3) is 6.08 Å². The fourth-order valence-electron chi connectivity index (χ4n) is 2.51. The largest absolute Gasteiger partial charge is 0.322 e. The molecule has 0 unspecified atom stereocenters. The van der Waals surface area contributed by atoms with E-state index in [4.69, 9.17) is 0 Å². The first-order valence-corrected chi connectivity index (χ1v) is 8.58. The summed E-state index contributed by atoms with van der Waals surface area (Å²) in [4.78, 5) is 39.0. The molecule has 0 atom stereocenters. The summed E-state index contributed by atoms with van der Waals surface area (Å²) in [6.45, 7) is 0. The second-order valence-electron chi connectivity index (χ2n) is 5.89. The average molecular weight is 388 g/mol. The molecule has 0 spiro atoms. The van der Waals surface area contributed by atoms with E-state index in [1.165, 1.54) is 24.3 Å². The number of nitro groups is 1. The maximum Gasteiger partial charge on any atom is 0.276 e. The summed E-state index contributed by atoms with van der Waals surface area (Å²) in [5.41, 5.74) is 0.980. The molecule has 1 heterocycles. The molecule has 0 aliphatic rings. The van der Waals surface area contributed by atoms with Crippen LogP contribution in [0.2, 0.25) is 0 Å². The molecule has 3 aromatic rings. The smallest absolute Gasteiger partial charge is 0.276 e. The van der Waals surface area contributed by atoms with Crippen molar-refractivity contribution < 1.29 is 14.5 Å². The molecule has 0 bridgehead atoms. The van der Waals surface area contributed by atoms with Crippen LogP contribution in [0.1, 0.15) is 15.9 Å². The van der Waals surface area contributed by atoms with Crippen LogP contribution in [-0.4, -0.2) is 21.7 Å². The lowest BCUT2D eigenvalue weighted by Crippen LogP contribution is -2.14. The summed E-state index contributed by atoms with van der Waals surface area (Å²) in [7, 11) is 0. The number of nitro benzene ring substituents is 1. The number of aromatic nitrogens is 1. The first kappa shape index (κ1) is 19.4. The molecule has 2 aromatic carbocycles. The van der Waals surface area contributed by atoms with Crippen LogP contribution >= 0.6 is 0 Å². The third-order valence-electron chi connectivity index (χ3n) is 3.85. The van der Waals surface area contributed by atoms with Crippen molar-refractivity contribution in [3.8, 4) is 0 Å². The highest BCUT2D eigenvalue weighted by atomic mass is 16.6. The standard InChI is InChI=1S/C21H16N4O4/c26-20(12-11-15-6-1-2-9-18(15)25(28)29)23-17-8-5-7-16(14-17)21(27)24-19-10-3-4-13-22-19/h1-14H,(H,23,26)(H,22,24,27)/b12-11+. The predicted octanol–water partition coefficient (Wildman–Crippen LogP) is 3.89. The second kappa shape index (κ2) is 9.05. The van der Waals surface area contributed by atoms with E-state index in [0.717, 1.165) is 0 Å². The molecule has 1 aromatic heterocycles. The minimum Gasteiger partial charge on any atom is -0.322 e. The number of nitrogens with one attached hydrogen (secondary N) is 2. The summed E-state index contributed by atoms with van der Waals surface area (Å²) < 4.78 is 0. The van der Waals surface area contributed by atoms with Gasteiger partial charge in [-0.2, -0.15) is 0 Å². The van der Waals surface area contributed by atoms with Gasteiger partial charge in [-0.25, -0.2) is 4.98 Å². The zero-order valence-electron chi connectivity index (χ0n) is 15.1. The first-order valence-electron chi connectivity index (χ1n) is 8.58. The van der Waals surface area contributed by atoms with Crippen LogP contribution in [0, 0.1) is 10.1 Å². The van der Waals surface area contributed by atoms with E-state index in [0.29, 0.717) is 22.6 Å². The maximum atomic E-state index is 12.3. The predicted molar refractivity (Wildman–Crippen MR) is 109 cm³/mol. The number of para-hydroxylation sites is 1. The number of carbonyl (C=O) groups excluding carboxylic acids is 2. The molecule has 0 radical (unpaired) electrons. The molecule has 0 aliphatic carbocycles. The Kier molecular flexibility index (Phi) is 6.06. The third-order valence-corrected chi connectivity index (χ3v) is 3.85. The summed E-state index contributed by atoms with van der Waals surface area (Å²) in [6.07, 6.45) is 4.13. The van der Waals surface area contributed by atoms with Gasteiger partial charge in [0.1, 0.15) is 5.82 Å². The summed E-state index contributed by atoms with van der Waals surface area (Å²) in [5.74, 6) is -0.431. The van der Waals surface area contributed by atoms with Crippen molar-refractivity contribution in [3.05, 3.63) is 100 Å². The summed E-state index contributed by atoms with van der Waals surface area (Å²) in [5, 5.41) is 16.3. The van der Waals surface area contributed by atoms with Gasteiger partial charge in [0, 0.05) is 29.6 Å². The molecule has 2 amide bonds. The Labute approximate surface area is 166 Å². The van der Waals surface area contributed by atoms with Crippen molar-refractivity contribution in [2.75, 3.05) is 10.6 Å². The topological polar surface area (TPSA) is 114 Å². The van der Waals surface area contributed by atoms with E-state index < -0.39 is 10.8 Å². The van der Waals surface area contributed by atoms with Crippen LogP contribution in [-0.2, 0) is 4.79 Å². The number of pyridine rings is 1. The zero-order chi connectivity index (χ0) is 20.6. The van der Waals surface area contributed by atoms with Crippen molar-refractivity contribution in [3.63, 3.8) is 0 Å². The monoisotopic (exact) mass is 388 g/mol. The van der Waals surface area contributed by atoms with Gasteiger partial charge in [0.15, 0.2) is 0 Å². The van der Waals surface area contributed by atoms with Crippen molar-refractivity contribution in [1.29, 1.82) is 0 Å². The van der Waals surface area contributed by atoms with Gasteiger partial charge in [0.25, 0.3) is 11.6 Å². The second-order valence-corrected chi connectivity index (χ2v) is 5.89. The van der Waals surface area contributed by atoms with Crippen LogP contribution in [0.15, 0.2) is 79.0 Å². The van der Waals surface area contributed by atoms with Gasteiger partial charge in [-0.15, -0.1) is 0 Å². The number of rotatable bonds is 6. The van der Waals surface area contributed by atoms with Gasteiger partial charge in [0.05, 0.1) is 10.5 Å². The zero-order valence-corrected chi connectivity index (χ0v) is 15.1. The van der Waals surface area contributed by atoms with Gasteiger partial charge >= 0.3 is 0 Å². The van der Waals surface area contributed by atoms with Crippen molar-refractivity contribution in [1.82, 2.24) is 4.98 Å². The summed E-state index contributed by atoms with van der Waals surface area (Å²) >= 11 is 0. The van der Waals surface area contributed by atoms with Crippen LogP contribution in [0.5, 0.6) is 0 Å². The van der Waals surface area contributed by atoms with E-state index >= 15 is 0 Å². The number of hydrogen-bond acceptors (Lipinski definition) is 5. The van der Waals surface area contributed by atoms with Crippen LogP contribution in [0.3, 0.4) is 0 Å². The number of anilines is 2. The van der Waals surface area contributed by atoms with Crippen LogP contribution in [0.4, 0.5) is 17.2 Å². The Balaban J connectivity index is 1.68. The van der Waals surface area contributed by atoms with Gasteiger partial charge in [-0.05, 0) is 42.5 Å².